The molecule has 0 spiro atoms. The Kier molecular flexibility index (Phi) is 10.2. The van der Waals surface area contributed by atoms with E-state index in [0.717, 1.165) is 56.2 Å². The minimum Gasteiger partial charge on any atom is -0.444 e. The number of thiocarbonyl (C=S) groups is 1. The van der Waals surface area contributed by atoms with Crippen LogP contribution in [-0.2, 0) is 11.3 Å². The van der Waals surface area contributed by atoms with E-state index in [1.807, 2.05) is 20.8 Å². The number of ether oxygens (including phenoxy) is 1. The van der Waals surface area contributed by atoms with Crippen LogP contribution in [0.25, 0.3) is 0 Å². The lowest BCUT2D eigenvalue weighted by Crippen LogP contribution is -2.52. The van der Waals surface area contributed by atoms with E-state index in [0.29, 0.717) is 6.04 Å². The van der Waals surface area contributed by atoms with Crippen LogP contribution in [-0.4, -0.2) is 58.7 Å². The van der Waals surface area contributed by atoms with Crippen molar-refractivity contribution < 1.29 is 9.53 Å². The fraction of sp³-hybridized carbons (Fsp3) is 0.714. The molecule has 1 N–H and O–H groups in total. The molecule has 0 bridgehead atoms. The third-order valence-electron chi connectivity index (χ3n) is 7.28. The molecule has 1 amide bonds. The molecule has 2 fully saturated rings. The molecule has 1 aliphatic heterocycles. The third-order valence-corrected chi connectivity index (χ3v) is 7.85. The van der Waals surface area contributed by atoms with Gasteiger partial charge in [0.05, 0.1) is 6.04 Å². The number of likely N-dealkylation sites (tertiary alicyclic amines) is 1. The molecule has 1 aromatic carbocycles. The largest absolute Gasteiger partial charge is 0.444 e. The molecule has 5 nitrogen and oxygen atoms in total. The van der Waals surface area contributed by atoms with Crippen LogP contribution in [0, 0.1) is 5.92 Å². The van der Waals surface area contributed by atoms with Gasteiger partial charge >= 0.3 is 6.09 Å². The van der Waals surface area contributed by atoms with Gasteiger partial charge in [-0.15, -0.1) is 0 Å². The van der Waals surface area contributed by atoms with Crippen LogP contribution in [0.2, 0.25) is 0 Å². The van der Waals surface area contributed by atoms with E-state index in [2.05, 4.69) is 52.5 Å². The van der Waals surface area contributed by atoms with Crippen molar-refractivity contribution in [3.63, 3.8) is 0 Å². The van der Waals surface area contributed by atoms with Crippen LogP contribution in [0.1, 0.15) is 84.1 Å². The topological polar surface area (TPSA) is 44.8 Å². The first kappa shape index (κ1) is 26.9. The zero-order valence-electron chi connectivity index (χ0n) is 21.7. The molecule has 0 radical (unpaired) electrons. The number of carbonyl (C=O) groups excluding carboxylic acids is 1. The smallest absolute Gasteiger partial charge is 0.408 e. The van der Waals surface area contributed by atoms with Gasteiger partial charge in [0, 0.05) is 32.7 Å². The molecule has 0 aromatic heterocycles. The van der Waals surface area contributed by atoms with E-state index >= 15 is 0 Å². The normalized spacial score (nSPS) is 19.4. The molecular formula is C28H45N3O2S. The average molecular weight is 488 g/mol. The van der Waals surface area contributed by atoms with Crippen molar-refractivity contribution in [3.05, 3.63) is 35.9 Å². The number of rotatable bonds is 8. The molecule has 1 unspecified atom stereocenters. The number of piperidine rings is 1. The number of alkyl carbamates (subject to hydrolysis) is 1. The van der Waals surface area contributed by atoms with Crippen molar-refractivity contribution in [2.45, 2.75) is 103 Å². The predicted molar refractivity (Wildman–Crippen MR) is 144 cm³/mol. The Bertz CT molecular complexity index is 766. The Labute approximate surface area is 212 Å². The highest BCUT2D eigenvalue weighted by Gasteiger charge is 2.30. The van der Waals surface area contributed by atoms with E-state index in [4.69, 9.17) is 17.0 Å². The van der Waals surface area contributed by atoms with Gasteiger partial charge in [-0.2, -0.15) is 0 Å². The summed E-state index contributed by atoms with van der Waals surface area (Å²) in [6, 6.07) is 11.0. The summed E-state index contributed by atoms with van der Waals surface area (Å²) in [5.41, 5.74) is 0.853. The molecule has 1 saturated heterocycles. The number of amides is 1. The Balaban J connectivity index is 1.55. The zero-order chi connectivity index (χ0) is 24.6. The van der Waals surface area contributed by atoms with Crippen LogP contribution in [0.15, 0.2) is 30.3 Å². The number of nitrogens with one attached hydrogen (secondary N) is 1. The third kappa shape index (κ3) is 8.84. The number of carbonyl (C=O) groups is 1. The summed E-state index contributed by atoms with van der Waals surface area (Å²) in [4.78, 5) is 18.3. The van der Waals surface area contributed by atoms with Gasteiger partial charge in [-0.3, -0.25) is 4.90 Å². The summed E-state index contributed by atoms with van der Waals surface area (Å²) in [7, 11) is 2.12. The van der Waals surface area contributed by atoms with Gasteiger partial charge in [-0.1, -0.05) is 74.7 Å². The van der Waals surface area contributed by atoms with Crippen molar-refractivity contribution in [1.82, 2.24) is 15.1 Å². The maximum absolute atomic E-state index is 12.6. The average Bonchev–Trinajstić information content (AvgIpc) is 2.81. The molecule has 1 saturated carbocycles. The molecule has 6 heteroatoms. The van der Waals surface area contributed by atoms with E-state index in [1.54, 1.807) is 0 Å². The predicted octanol–water partition coefficient (Wildman–Crippen LogP) is 6.16. The van der Waals surface area contributed by atoms with Gasteiger partial charge in [0.15, 0.2) is 0 Å². The number of benzene rings is 1. The summed E-state index contributed by atoms with van der Waals surface area (Å²) >= 11 is 5.98. The molecule has 3 rings (SSSR count). The number of hydrogen-bond acceptors (Lipinski definition) is 4. The lowest BCUT2D eigenvalue weighted by Gasteiger charge is -2.40. The van der Waals surface area contributed by atoms with Crippen molar-refractivity contribution in [2.75, 3.05) is 20.1 Å². The first-order chi connectivity index (χ1) is 16.2. The van der Waals surface area contributed by atoms with E-state index in [-0.39, 0.29) is 12.1 Å². The van der Waals surface area contributed by atoms with E-state index in [1.165, 1.54) is 37.7 Å². The maximum Gasteiger partial charge on any atom is 0.408 e. The quantitative estimate of drug-likeness (QED) is 0.445. The van der Waals surface area contributed by atoms with Gasteiger partial charge in [0.1, 0.15) is 10.6 Å². The molecule has 34 heavy (non-hydrogen) atoms. The molecule has 190 valence electrons. The molecular weight excluding hydrogens is 442 g/mol. The Hall–Kier alpha value is -1.66. The summed E-state index contributed by atoms with van der Waals surface area (Å²) < 4.78 is 5.57. The first-order valence-corrected chi connectivity index (χ1v) is 13.6. The van der Waals surface area contributed by atoms with Gasteiger partial charge in [-0.05, 0) is 57.9 Å². The van der Waals surface area contributed by atoms with Gasteiger partial charge in [0.25, 0.3) is 0 Å². The van der Waals surface area contributed by atoms with Gasteiger partial charge in [0.2, 0.25) is 0 Å². The van der Waals surface area contributed by atoms with E-state index < -0.39 is 5.60 Å². The summed E-state index contributed by atoms with van der Waals surface area (Å²) in [6.45, 7) is 8.84. The van der Waals surface area contributed by atoms with Crippen molar-refractivity contribution in [1.29, 1.82) is 0 Å². The lowest BCUT2D eigenvalue weighted by atomic mass is 9.85. The van der Waals surface area contributed by atoms with Crippen LogP contribution in [0.4, 0.5) is 4.79 Å². The first-order valence-electron chi connectivity index (χ1n) is 13.2. The highest BCUT2D eigenvalue weighted by Crippen LogP contribution is 2.28. The van der Waals surface area contributed by atoms with Crippen LogP contribution >= 0.6 is 12.2 Å². The van der Waals surface area contributed by atoms with Crippen molar-refractivity contribution >= 4 is 23.3 Å². The standard InChI is InChI=1S/C28H45N3O2S/c1-28(2,3)33-27(32)29-25(16-15-22-11-7-5-8-12-22)26(34)30(4)24-17-19-31(20-18-24)21-23-13-9-6-10-14-23/h6,9-10,13-14,22,24-25H,5,7-8,11-12,15-21H2,1-4H3,(H,29,32). The maximum atomic E-state index is 12.6. The van der Waals surface area contributed by atoms with Gasteiger partial charge < -0.3 is 15.0 Å². The molecule has 1 aliphatic carbocycles. The van der Waals surface area contributed by atoms with Crippen LogP contribution < -0.4 is 5.32 Å². The monoisotopic (exact) mass is 487 g/mol. The second-order valence-corrected chi connectivity index (χ2v) is 11.6. The molecule has 1 aromatic rings. The highest BCUT2D eigenvalue weighted by molar-refractivity contribution is 7.80. The summed E-state index contributed by atoms with van der Waals surface area (Å²) in [6.07, 6.45) is 10.5. The fourth-order valence-corrected chi connectivity index (χ4v) is 5.64. The number of hydrogen-bond donors (Lipinski definition) is 1. The van der Waals surface area contributed by atoms with Crippen molar-refractivity contribution in [3.8, 4) is 0 Å². The second kappa shape index (κ2) is 12.9. The minimum atomic E-state index is -0.517. The van der Waals surface area contributed by atoms with E-state index in [9.17, 15) is 4.79 Å². The number of likely N-dealkylation sites (N-methyl/N-ethyl adjacent to an activating group) is 1. The van der Waals surface area contributed by atoms with Crippen LogP contribution in [0.5, 0.6) is 0 Å². The Morgan fingerprint density at radius 3 is 2.38 bits per heavy atom. The van der Waals surface area contributed by atoms with Crippen LogP contribution in [0.3, 0.4) is 0 Å². The zero-order valence-corrected chi connectivity index (χ0v) is 22.5. The van der Waals surface area contributed by atoms with Crippen molar-refractivity contribution in [2.24, 2.45) is 5.92 Å². The fourth-order valence-electron chi connectivity index (χ4n) is 5.32. The summed E-state index contributed by atoms with van der Waals surface area (Å²) in [5, 5.41) is 3.12. The molecule has 1 atom stereocenters. The highest BCUT2D eigenvalue weighted by atomic mass is 32.1. The second-order valence-electron chi connectivity index (χ2n) is 11.2. The minimum absolute atomic E-state index is 0.154. The molecule has 1 heterocycles. The number of nitrogens with zero attached hydrogens (tertiary/aromatic N) is 2. The lowest BCUT2D eigenvalue weighted by molar-refractivity contribution is 0.0511. The SMILES string of the molecule is CN(C(=S)C(CCC1CCCCC1)NC(=O)OC(C)(C)C)C1CCN(Cc2ccccc2)CC1. The Morgan fingerprint density at radius 1 is 1.12 bits per heavy atom. The molecule has 2 aliphatic rings. The Morgan fingerprint density at radius 2 is 1.76 bits per heavy atom. The summed E-state index contributed by atoms with van der Waals surface area (Å²) in [5.74, 6) is 0.756. The van der Waals surface area contributed by atoms with Gasteiger partial charge in [-0.25, -0.2) is 4.79 Å².